The summed E-state index contributed by atoms with van der Waals surface area (Å²) < 4.78 is 16.6. The summed E-state index contributed by atoms with van der Waals surface area (Å²) in [6.45, 7) is 0.581. The van der Waals surface area contributed by atoms with E-state index in [-0.39, 0.29) is 5.82 Å². The van der Waals surface area contributed by atoms with Gasteiger partial charge in [-0.1, -0.05) is 6.07 Å². The van der Waals surface area contributed by atoms with Crippen molar-refractivity contribution in [2.24, 2.45) is 0 Å². The van der Waals surface area contributed by atoms with Gasteiger partial charge in [-0.2, -0.15) is 0 Å². The summed E-state index contributed by atoms with van der Waals surface area (Å²) in [7, 11) is -0.755. The van der Waals surface area contributed by atoms with E-state index in [1.54, 1.807) is 6.07 Å². The van der Waals surface area contributed by atoms with Gasteiger partial charge in [-0.25, -0.2) is 4.39 Å². The molecular weight excluding hydrogens is 158 g/mol. The molecule has 62 valence electrons. The minimum Gasteiger partial charge on any atom is -0.511 e. The van der Waals surface area contributed by atoms with E-state index in [9.17, 15) is 9.41 Å². The summed E-state index contributed by atoms with van der Waals surface area (Å²) >= 11 is 0. The summed E-state index contributed by atoms with van der Waals surface area (Å²) in [4.78, 5) is 0. The van der Waals surface area contributed by atoms with E-state index in [0.29, 0.717) is 6.61 Å². The third-order valence-electron chi connectivity index (χ3n) is 2.07. The molecule has 0 unspecified atom stereocenters. The molecule has 0 saturated heterocycles. The van der Waals surface area contributed by atoms with Crippen molar-refractivity contribution < 1.29 is 14.1 Å². The minimum absolute atomic E-state index is 0.247. The van der Waals surface area contributed by atoms with Gasteiger partial charge >= 0.3 is 7.12 Å². The molecule has 0 atom stereocenters. The maximum Gasteiger partial charge on any atom is 0.729 e. The van der Waals surface area contributed by atoms with E-state index in [4.69, 9.17) is 0 Å². The summed E-state index contributed by atoms with van der Waals surface area (Å²) in [6, 6.07) is 4.41. The molecule has 2 N–H and O–H groups in total. The van der Waals surface area contributed by atoms with Crippen LogP contribution in [0.2, 0.25) is 0 Å². The Morgan fingerprint density at radius 2 is 2.33 bits per heavy atom. The smallest absolute Gasteiger partial charge is 0.511 e. The molecule has 0 spiro atoms. The molecule has 0 aromatic heterocycles. The van der Waals surface area contributed by atoms with Crippen molar-refractivity contribution in [3.63, 3.8) is 0 Å². The fourth-order valence-corrected chi connectivity index (χ4v) is 1.45. The first-order valence-electron chi connectivity index (χ1n) is 3.90. The standard InChI is InChI=1S/C8H8BFO2/c10-7-1-2-8-6(5-7)3-4-12-9(8)11/h1-2,5,11H,3-4H2/p+1. The molecule has 0 saturated carbocycles. The highest BCUT2D eigenvalue weighted by Crippen LogP contribution is 2.06. The number of hydrogen-bond acceptors (Lipinski definition) is 1. The lowest BCUT2D eigenvalue weighted by atomic mass is 9.74. The highest BCUT2D eigenvalue weighted by molar-refractivity contribution is 6.60. The Morgan fingerprint density at radius 3 is 3.17 bits per heavy atom. The van der Waals surface area contributed by atoms with Crippen molar-refractivity contribution in [3.8, 4) is 0 Å². The van der Waals surface area contributed by atoms with Crippen molar-refractivity contribution in [2.75, 3.05) is 6.61 Å². The molecule has 1 heterocycles. The Hall–Kier alpha value is -0.865. The fraction of sp³-hybridized carbons (Fsp3) is 0.250. The quantitative estimate of drug-likeness (QED) is 0.413. The zero-order valence-electron chi connectivity index (χ0n) is 6.50. The van der Waals surface area contributed by atoms with Crippen LogP contribution in [0.5, 0.6) is 0 Å². The third kappa shape index (κ3) is 1.23. The molecule has 4 heteroatoms. The van der Waals surface area contributed by atoms with E-state index in [0.717, 1.165) is 17.4 Å². The van der Waals surface area contributed by atoms with E-state index < -0.39 is 7.12 Å². The fourth-order valence-electron chi connectivity index (χ4n) is 1.45. The molecule has 1 aliphatic rings. The molecule has 0 bridgehead atoms. The largest absolute Gasteiger partial charge is 0.729 e. The molecule has 1 aliphatic heterocycles. The van der Waals surface area contributed by atoms with Crippen LogP contribution >= 0.6 is 0 Å². The van der Waals surface area contributed by atoms with E-state index in [1.807, 2.05) is 0 Å². The number of fused-ring (bicyclic) bond motifs is 1. The lowest BCUT2D eigenvalue weighted by molar-refractivity contribution is 0.103. The molecule has 2 rings (SSSR count). The van der Waals surface area contributed by atoms with E-state index >= 15 is 0 Å². The number of halogens is 1. The molecule has 1 aromatic rings. The molecule has 0 aliphatic carbocycles. The van der Waals surface area contributed by atoms with Crippen LogP contribution in [0, 0.1) is 5.82 Å². The summed E-state index contributed by atoms with van der Waals surface area (Å²) in [5.41, 5.74) is 1.61. The summed E-state index contributed by atoms with van der Waals surface area (Å²) in [6.07, 6.45) is 0.726. The second-order valence-electron chi connectivity index (χ2n) is 2.87. The zero-order chi connectivity index (χ0) is 8.55. The first-order chi connectivity index (χ1) is 5.77. The SMILES string of the molecule is OB1[OH+]CCc2cc(F)ccc21. The molecular formula is C8H9BFO2+. The Bertz CT molecular complexity index is 303. The molecule has 0 fully saturated rings. The van der Waals surface area contributed by atoms with Crippen LogP contribution in [-0.4, -0.2) is 23.4 Å². The van der Waals surface area contributed by atoms with Crippen LogP contribution in [0.4, 0.5) is 4.39 Å². The molecule has 2 nitrogen and oxygen atoms in total. The van der Waals surface area contributed by atoms with Crippen LogP contribution in [0.3, 0.4) is 0 Å². The Morgan fingerprint density at radius 1 is 1.50 bits per heavy atom. The maximum atomic E-state index is 12.7. The van der Waals surface area contributed by atoms with Gasteiger partial charge in [0.2, 0.25) is 0 Å². The van der Waals surface area contributed by atoms with Crippen LogP contribution < -0.4 is 5.46 Å². The van der Waals surface area contributed by atoms with E-state index in [2.05, 4.69) is 4.65 Å². The number of rotatable bonds is 0. The first kappa shape index (κ1) is 7.77. The van der Waals surface area contributed by atoms with Crippen LogP contribution in [0.15, 0.2) is 18.2 Å². The predicted molar refractivity (Wildman–Crippen MR) is 44.8 cm³/mol. The highest BCUT2D eigenvalue weighted by Gasteiger charge is 2.33. The lowest BCUT2D eigenvalue weighted by Gasteiger charge is -2.13. The van der Waals surface area contributed by atoms with Gasteiger partial charge in [-0.05, 0) is 17.7 Å². The van der Waals surface area contributed by atoms with Crippen LogP contribution in [0.1, 0.15) is 5.56 Å². The second kappa shape index (κ2) is 2.88. The summed E-state index contributed by atoms with van der Waals surface area (Å²) in [5.74, 6) is -0.247. The Balaban J connectivity index is 2.46. The number of hydrogen-bond donors (Lipinski definition) is 1. The lowest BCUT2D eigenvalue weighted by Crippen LogP contribution is -2.44. The van der Waals surface area contributed by atoms with Gasteiger partial charge in [-0.3, -0.25) is 0 Å². The van der Waals surface area contributed by atoms with Crippen molar-refractivity contribution in [2.45, 2.75) is 6.42 Å². The van der Waals surface area contributed by atoms with Gasteiger partial charge in [0, 0.05) is 6.42 Å². The van der Waals surface area contributed by atoms with Crippen LogP contribution in [0.25, 0.3) is 0 Å². The van der Waals surface area contributed by atoms with Crippen molar-refractivity contribution in [1.82, 2.24) is 0 Å². The normalized spacial score (nSPS) is 16.0. The van der Waals surface area contributed by atoms with E-state index in [1.165, 1.54) is 12.1 Å². The Labute approximate surface area is 70.1 Å². The van der Waals surface area contributed by atoms with Gasteiger partial charge in [0.05, 0.1) is 5.46 Å². The van der Waals surface area contributed by atoms with Gasteiger partial charge in [0.25, 0.3) is 0 Å². The zero-order valence-corrected chi connectivity index (χ0v) is 6.50. The van der Waals surface area contributed by atoms with Gasteiger partial charge in [-0.15, -0.1) is 0 Å². The average molecular weight is 167 g/mol. The van der Waals surface area contributed by atoms with Crippen molar-refractivity contribution in [1.29, 1.82) is 0 Å². The molecule has 1 aromatic carbocycles. The molecule has 12 heavy (non-hydrogen) atoms. The predicted octanol–water partition coefficient (Wildman–Crippen LogP) is -0.403. The van der Waals surface area contributed by atoms with Crippen molar-refractivity contribution >= 4 is 12.6 Å². The summed E-state index contributed by atoms with van der Waals surface area (Å²) in [5, 5.41) is 9.36. The minimum atomic E-state index is -0.755. The molecule has 0 amide bonds. The van der Waals surface area contributed by atoms with Gasteiger partial charge < -0.3 is 9.68 Å². The Kier molecular flexibility index (Phi) is 1.86. The maximum absolute atomic E-state index is 12.7. The number of benzene rings is 1. The topological polar surface area (TPSA) is 33.0 Å². The monoisotopic (exact) mass is 167 g/mol. The molecule has 0 radical (unpaired) electrons. The first-order valence-corrected chi connectivity index (χ1v) is 3.90. The average Bonchev–Trinajstić information content (AvgIpc) is 2.04. The third-order valence-corrected chi connectivity index (χ3v) is 2.07. The number of aliphatic hydroxyl groups is 1. The van der Waals surface area contributed by atoms with Gasteiger partial charge in [0.1, 0.15) is 12.4 Å². The highest BCUT2D eigenvalue weighted by atomic mass is 19.1. The van der Waals surface area contributed by atoms with Crippen molar-refractivity contribution in [3.05, 3.63) is 29.6 Å². The second-order valence-corrected chi connectivity index (χ2v) is 2.87. The van der Waals surface area contributed by atoms with Crippen LogP contribution in [-0.2, 0) is 6.42 Å². The van der Waals surface area contributed by atoms with Gasteiger partial charge in [0.15, 0.2) is 0 Å².